The van der Waals surface area contributed by atoms with Gasteiger partial charge in [0.15, 0.2) is 0 Å². The van der Waals surface area contributed by atoms with Gasteiger partial charge in [-0.15, -0.1) is 0 Å². The number of carboxylic acid groups (broad SMARTS) is 1. The molecule has 114 valence electrons. The third-order valence-electron chi connectivity index (χ3n) is 3.46. The van der Waals surface area contributed by atoms with Crippen LogP contribution in [0.4, 0.5) is 0 Å². The summed E-state index contributed by atoms with van der Waals surface area (Å²) in [5.74, 6) is -1.32. The molecule has 1 heterocycles. The van der Waals surface area contributed by atoms with E-state index in [1.54, 1.807) is 4.90 Å². The van der Waals surface area contributed by atoms with E-state index in [4.69, 9.17) is 5.11 Å². The first-order valence-corrected chi connectivity index (χ1v) is 7.18. The number of carbonyl (C=O) groups is 3. The zero-order valence-corrected chi connectivity index (χ0v) is 12.5. The fourth-order valence-corrected chi connectivity index (χ4v) is 2.63. The molecule has 1 aliphatic rings. The van der Waals surface area contributed by atoms with Crippen LogP contribution < -0.4 is 0 Å². The SMILES string of the molecule is CCCN(CC(=O)O)C(=O)C(C(C)C)N1CCCC1=O. The molecule has 20 heavy (non-hydrogen) atoms. The molecule has 6 heteroatoms. The van der Waals surface area contributed by atoms with Crippen LogP contribution in [-0.4, -0.2) is 58.4 Å². The van der Waals surface area contributed by atoms with Crippen LogP contribution in [-0.2, 0) is 14.4 Å². The average molecular weight is 284 g/mol. The highest BCUT2D eigenvalue weighted by Gasteiger charge is 2.37. The quantitative estimate of drug-likeness (QED) is 0.755. The van der Waals surface area contributed by atoms with Crippen molar-refractivity contribution in [2.45, 2.75) is 46.1 Å². The molecule has 0 radical (unpaired) electrons. The lowest BCUT2D eigenvalue weighted by molar-refractivity contribution is -0.150. The number of likely N-dealkylation sites (tertiary alicyclic amines) is 1. The highest BCUT2D eigenvalue weighted by atomic mass is 16.4. The van der Waals surface area contributed by atoms with Gasteiger partial charge in [-0.1, -0.05) is 20.8 Å². The second kappa shape index (κ2) is 7.26. The number of nitrogens with zero attached hydrogens (tertiary/aromatic N) is 2. The number of amides is 2. The summed E-state index contributed by atoms with van der Waals surface area (Å²) in [6.07, 6.45) is 1.93. The van der Waals surface area contributed by atoms with E-state index >= 15 is 0 Å². The Balaban J connectivity index is 2.90. The molecule has 1 rings (SSSR count). The third-order valence-corrected chi connectivity index (χ3v) is 3.46. The first-order valence-electron chi connectivity index (χ1n) is 7.18. The van der Waals surface area contributed by atoms with E-state index in [9.17, 15) is 14.4 Å². The molecule has 0 saturated carbocycles. The molecule has 1 aliphatic heterocycles. The average Bonchev–Trinajstić information content (AvgIpc) is 2.74. The van der Waals surface area contributed by atoms with Gasteiger partial charge in [0.2, 0.25) is 11.8 Å². The van der Waals surface area contributed by atoms with Gasteiger partial charge in [-0.25, -0.2) is 0 Å². The molecular weight excluding hydrogens is 260 g/mol. The number of rotatable bonds is 7. The summed E-state index contributed by atoms with van der Waals surface area (Å²) >= 11 is 0. The Bertz CT molecular complexity index is 381. The van der Waals surface area contributed by atoms with Crippen LogP contribution >= 0.6 is 0 Å². The first-order chi connectivity index (χ1) is 9.38. The summed E-state index contributed by atoms with van der Waals surface area (Å²) in [6, 6.07) is -0.545. The fourth-order valence-electron chi connectivity index (χ4n) is 2.63. The van der Waals surface area contributed by atoms with Crippen molar-refractivity contribution in [2.75, 3.05) is 19.6 Å². The van der Waals surface area contributed by atoms with Crippen LogP contribution in [0, 0.1) is 5.92 Å². The van der Waals surface area contributed by atoms with Gasteiger partial charge in [-0.3, -0.25) is 14.4 Å². The Morgan fingerprint density at radius 3 is 2.45 bits per heavy atom. The van der Waals surface area contributed by atoms with Gasteiger partial charge in [-0.2, -0.15) is 0 Å². The molecule has 0 aromatic heterocycles. The summed E-state index contributed by atoms with van der Waals surface area (Å²) in [4.78, 5) is 38.3. The Kier molecular flexibility index (Phi) is 5.98. The van der Waals surface area contributed by atoms with Crippen molar-refractivity contribution in [1.29, 1.82) is 0 Å². The number of carbonyl (C=O) groups excluding carboxylic acids is 2. The molecule has 1 atom stereocenters. The minimum atomic E-state index is -1.03. The molecule has 1 saturated heterocycles. The van der Waals surface area contributed by atoms with Gasteiger partial charge in [-0.05, 0) is 18.8 Å². The van der Waals surface area contributed by atoms with E-state index < -0.39 is 12.0 Å². The van der Waals surface area contributed by atoms with Crippen molar-refractivity contribution in [3.63, 3.8) is 0 Å². The van der Waals surface area contributed by atoms with Crippen LogP contribution in [0.3, 0.4) is 0 Å². The van der Waals surface area contributed by atoms with Crippen LogP contribution in [0.15, 0.2) is 0 Å². The summed E-state index contributed by atoms with van der Waals surface area (Å²) in [5, 5.41) is 8.92. The Labute approximate surface area is 119 Å². The number of carboxylic acids is 1. The van der Waals surface area contributed by atoms with Crippen LogP contribution in [0.1, 0.15) is 40.0 Å². The summed E-state index contributed by atoms with van der Waals surface area (Å²) in [5.41, 5.74) is 0. The number of hydrogen-bond acceptors (Lipinski definition) is 3. The minimum Gasteiger partial charge on any atom is -0.480 e. The van der Waals surface area contributed by atoms with E-state index in [1.807, 2.05) is 20.8 Å². The van der Waals surface area contributed by atoms with Gasteiger partial charge < -0.3 is 14.9 Å². The van der Waals surface area contributed by atoms with Gasteiger partial charge in [0.1, 0.15) is 12.6 Å². The normalized spacial score (nSPS) is 16.6. The molecule has 0 spiro atoms. The largest absolute Gasteiger partial charge is 0.480 e. The third kappa shape index (κ3) is 3.95. The lowest BCUT2D eigenvalue weighted by atomic mass is 10.0. The van der Waals surface area contributed by atoms with E-state index in [0.717, 1.165) is 6.42 Å². The maximum absolute atomic E-state index is 12.6. The van der Waals surface area contributed by atoms with Gasteiger partial charge in [0.25, 0.3) is 0 Å². The van der Waals surface area contributed by atoms with Gasteiger partial charge >= 0.3 is 5.97 Å². The molecule has 0 aromatic carbocycles. The zero-order valence-electron chi connectivity index (χ0n) is 12.5. The summed E-state index contributed by atoms with van der Waals surface area (Å²) in [6.45, 7) is 6.35. The first kappa shape index (κ1) is 16.5. The highest BCUT2D eigenvalue weighted by Crippen LogP contribution is 2.21. The van der Waals surface area contributed by atoms with E-state index in [0.29, 0.717) is 25.9 Å². The Morgan fingerprint density at radius 1 is 1.40 bits per heavy atom. The van der Waals surface area contributed by atoms with Crippen molar-refractivity contribution >= 4 is 17.8 Å². The smallest absolute Gasteiger partial charge is 0.323 e. The second-order valence-electron chi connectivity index (χ2n) is 5.53. The second-order valence-corrected chi connectivity index (χ2v) is 5.53. The zero-order chi connectivity index (χ0) is 15.3. The summed E-state index contributed by atoms with van der Waals surface area (Å²) in [7, 11) is 0. The predicted molar refractivity (Wildman–Crippen MR) is 74.1 cm³/mol. The van der Waals surface area contributed by atoms with Gasteiger partial charge in [0.05, 0.1) is 0 Å². The Morgan fingerprint density at radius 2 is 2.05 bits per heavy atom. The van der Waals surface area contributed by atoms with E-state index in [2.05, 4.69) is 0 Å². The van der Waals surface area contributed by atoms with Crippen molar-refractivity contribution in [3.8, 4) is 0 Å². The van der Waals surface area contributed by atoms with Crippen molar-refractivity contribution in [2.24, 2.45) is 5.92 Å². The monoisotopic (exact) mass is 284 g/mol. The van der Waals surface area contributed by atoms with Crippen LogP contribution in [0.5, 0.6) is 0 Å². The topological polar surface area (TPSA) is 77.9 Å². The standard InChI is InChI=1S/C14H24N2O4/c1-4-7-15(9-12(18)19)14(20)13(10(2)3)16-8-5-6-11(16)17/h10,13H,4-9H2,1-3H3,(H,18,19). The predicted octanol–water partition coefficient (Wildman–Crippen LogP) is 0.957. The lowest BCUT2D eigenvalue weighted by Crippen LogP contribution is -2.53. The molecule has 6 nitrogen and oxygen atoms in total. The number of hydrogen-bond donors (Lipinski definition) is 1. The van der Waals surface area contributed by atoms with E-state index in [-0.39, 0.29) is 24.3 Å². The maximum atomic E-state index is 12.6. The number of aliphatic carboxylic acids is 1. The van der Waals surface area contributed by atoms with Crippen LogP contribution in [0.2, 0.25) is 0 Å². The van der Waals surface area contributed by atoms with Crippen molar-refractivity contribution in [1.82, 2.24) is 9.80 Å². The maximum Gasteiger partial charge on any atom is 0.323 e. The molecule has 0 aliphatic carbocycles. The molecule has 0 bridgehead atoms. The van der Waals surface area contributed by atoms with Crippen LogP contribution in [0.25, 0.3) is 0 Å². The van der Waals surface area contributed by atoms with Crippen molar-refractivity contribution in [3.05, 3.63) is 0 Å². The molecular formula is C14H24N2O4. The molecule has 0 aromatic rings. The molecule has 1 unspecified atom stereocenters. The van der Waals surface area contributed by atoms with Gasteiger partial charge in [0, 0.05) is 19.5 Å². The minimum absolute atomic E-state index is 0.0103. The molecule has 1 N–H and O–H groups in total. The fraction of sp³-hybridized carbons (Fsp3) is 0.786. The van der Waals surface area contributed by atoms with E-state index in [1.165, 1.54) is 4.90 Å². The van der Waals surface area contributed by atoms with Crippen molar-refractivity contribution < 1.29 is 19.5 Å². The summed E-state index contributed by atoms with van der Waals surface area (Å²) < 4.78 is 0. The molecule has 2 amide bonds. The Hall–Kier alpha value is -1.59. The highest BCUT2D eigenvalue weighted by molar-refractivity contribution is 5.90. The lowest BCUT2D eigenvalue weighted by Gasteiger charge is -2.34. The molecule has 1 fully saturated rings.